The lowest BCUT2D eigenvalue weighted by atomic mass is 9.93. The molecule has 2 heterocycles. The summed E-state index contributed by atoms with van der Waals surface area (Å²) in [7, 11) is -3.02. The number of nitrogens with zero attached hydrogens (tertiary/aromatic N) is 1. The average Bonchev–Trinajstić information content (AvgIpc) is 2.75. The zero-order valence-electron chi connectivity index (χ0n) is 11.8. The number of hydrogen-bond donors (Lipinski definition) is 1. The Hall–Kier alpha value is -1.06. The lowest BCUT2D eigenvalue weighted by molar-refractivity contribution is -0.135. The van der Waals surface area contributed by atoms with Gasteiger partial charge in [-0.05, 0) is 31.7 Å². The van der Waals surface area contributed by atoms with Crippen molar-refractivity contribution in [2.75, 3.05) is 24.6 Å². The molecule has 0 radical (unpaired) electrons. The molecule has 20 heavy (non-hydrogen) atoms. The molecule has 2 aliphatic rings. The summed E-state index contributed by atoms with van der Waals surface area (Å²) in [5.41, 5.74) is 0. The van der Waals surface area contributed by atoms with Crippen LogP contribution in [0.15, 0.2) is 0 Å². The van der Waals surface area contributed by atoms with Crippen molar-refractivity contribution in [1.29, 1.82) is 0 Å². The molecule has 0 aromatic heterocycles. The van der Waals surface area contributed by atoms with Gasteiger partial charge in [0.05, 0.1) is 24.1 Å². The van der Waals surface area contributed by atoms with Gasteiger partial charge in [-0.2, -0.15) is 0 Å². The summed E-state index contributed by atoms with van der Waals surface area (Å²) in [4.78, 5) is 14.2. The van der Waals surface area contributed by atoms with Crippen molar-refractivity contribution in [3.63, 3.8) is 0 Å². The molecule has 112 valence electrons. The van der Waals surface area contributed by atoms with Crippen LogP contribution in [0.4, 0.5) is 0 Å². The number of rotatable bonds is 3. The van der Waals surface area contributed by atoms with Crippen LogP contribution < -0.4 is 5.32 Å². The van der Waals surface area contributed by atoms with E-state index < -0.39 is 9.84 Å². The van der Waals surface area contributed by atoms with Gasteiger partial charge in [0.15, 0.2) is 9.84 Å². The largest absolute Gasteiger partial charge is 0.326 e. The van der Waals surface area contributed by atoms with Gasteiger partial charge in [0, 0.05) is 6.04 Å². The molecule has 0 aliphatic carbocycles. The number of nitrogens with one attached hydrogen (secondary N) is 1. The molecule has 1 amide bonds. The third kappa shape index (κ3) is 3.53. The Morgan fingerprint density at radius 1 is 1.45 bits per heavy atom. The van der Waals surface area contributed by atoms with Crippen molar-refractivity contribution in [2.45, 2.75) is 38.3 Å². The predicted octanol–water partition coefficient (Wildman–Crippen LogP) is 0.0234. The Kier molecular flexibility index (Phi) is 4.71. The van der Waals surface area contributed by atoms with Crippen molar-refractivity contribution in [2.24, 2.45) is 5.92 Å². The molecule has 5 nitrogen and oxygen atoms in total. The predicted molar refractivity (Wildman–Crippen MR) is 77.8 cm³/mol. The van der Waals surface area contributed by atoms with E-state index in [-0.39, 0.29) is 36.0 Å². The maximum atomic E-state index is 12.6. The highest BCUT2D eigenvalue weighted by molar-refractivity contribution is 7.91. The maximum Gasteiger partial charge on any atom is 0.240 e. The molecule has 2 aliphatic heterocycles. The van der Waals surface area contributed by atoms with E-state index in [1.165, 1.54) is 0 Å². The van der Waals surface area contributed by atoms with Crippen LogP contribution in [0.25, 0.3) is 0 Å². The van der Waals surface area contributed by atoms with Gasteiger partial charge in [0.1, 0.15) is 0 Å². The first-order valence-corrected chi connectivity index (χ1v) is 8.93. The normalized spacial score (nSPS) is 32.5. The molecule has 0 spiro atoms. The van der Waals surface area contributed by atoms with Crippen LogP contribution in [0.5, 0.6) is 0 Å². The second-order valence-electron chi connectivity index (χ2n) is 5.86. The van der Waals surface area contributed by atoms with E-state index in [9.17, 15) is 13.2 Å². The number of carbonyl (C=O) groups excluding carboxylic acids is 1. The molecule has 2 rings (SSSR count). The minimum atomic E-state index is -3.02. The zero-order valence-corrected chi connectivity index (χ0v) is 12.7. The number of sulfone groups is 1. The molecule has 3 unspecified atom stereocenters. The van der Waals surface area contributed by atoms with Crippen molar-refractivity contribution in [1.82, 2.24) is 10.2 Å². The van der Waals surface area contributed by atoms with E-state index in [1.54, 1.807) is 4.90 Å². The third-order valence-corrected chi connectivity index (χ3v) is 5.91. The first-order valence-electron chi connectivity index (χ1n) is 7.10. The second-order valence-corrected chi connectivity index (χ2v) is 8.09. The first-order chi connectivity index (χ1) is 9.43. The van der Waals surface area contributed by atoms with Crippen molar-refractivity contribution >= 4 is 15.7 Å². The summed E-state index contributed by atoms with van der Waals surface area (Å²) in [6.07, 6.45) is 7.70. The minimum Gasteiger partial charge on any atom is -0.326 e. The Morgan fingerprint density at radius 3 is 2.75 bits per heavy atom. The fourth-order valence-electron chi connectivity index (χ4n) is 3.00. The smallest absolute Gasteiger partial charge is 0.240 e. The monoisotopic (exact) mass is 298 g/mol. The number of piperidine rings is 1. The summed E-state index contributed by atoms with van der Waals surface area (Å²) in [6, 6.07) is -0.488. The third-order valence-electron chi connectivity index (χ3n) is 4.16. The number of amides is 1. The Morgan fingerprint density at radius 2 is 2.20 bits per heavy atom. The number of terminal acetylenes is 1. The molecule has 3 atom stereocenters. The van der Waals surface area contributed by atoms with Gasteiger partial charge < -0.3 is 10.2 Å². The first kappa shape index (κ1) is 15.3. The molecule has 2 saturated heterocycles. The lowest BCUT2D eigenvalue weighted by Crippen LogP contribution is -2.53. The SMILES string of the molecule is C#CCN(C(=O)C1CC(C)CCN1)C1CCS(=O)(=O)C1. The van der Waals surface area contributed by atoms with Crippen LogP contribution in [0.3, 0.4) is 0 Å². The molecule has 6 heteroatoms. The maximum absolute atomic E-state index is 12.6. The Labute approximate surface area is 121 Å². The molecule has 0 bridgehead atoms. The van der Waals surface area contributed by atoms with Gasteiger partial charge in [-0.15, -0.1) is 6.42 Å². The van der Waals surface area contributed by atoms with Gasteiger partial charge in [0.2, 0.25) is 5.91 Å². The van der Waals surface area contributed by atoms with Gasteiger partial charge in [0.25, 0.3) is 0 Å². The lowest BCUT2D eigenvalue weighted by Gasteiger charge is -2.34. The van der Waals surface area contributed by atoms with E-state index >= 15 is 0 Å². The van der Waals surface area contributed by atoms with E-state index in [4.69, 9.17) is 6.42 Å². The van der Waals surface area contributed by atoms with Crippen LogP contribution in [0.2, 0.25) is 0 Å². The zero-order chi connectivity index (χ0) is 14.8. The van der Waals surface area contributed by atoms with Crippen LogP contribution in [0, 0.1) is 18.3 Å². The van der Waals surface area contributed by atoms with Gasteiger partial charge in [-0.3, -0.25) is 4.79 Å². The molecular formula is C14H22N2O3S. The number of hydrogen-bond acceptors (Lipinski definition) is 4. The van der Waals surface area contributed by atoms with Crippen molar-refractivity contribution in [3.8, 4) is 12.3 Å². The summed E-state index contributed by atoms with van der Waals surface area (Å²) in [5, 5.41) is 3.22. The fraction of sp³-hybridized carbons (Fsp3) is 0.786. The number of carbonyl (C=O) groups is 1. The van der Waals surface area contributed by atoms with Crippen LogP contribution in [0.1, 0.15) is 26.2 Å². The van der Waals surface area contributed by atoms with Crippen LogP contribution in [-0.4, -0.2) is 55.9 Å². The second kappa shape index (κ2) is 6.15. The molecule has 0 aromatic carbocycles. The van der Waals surface area contributed by atoms with Gasteiger partial charge in [-0.25, -0.2) is 8.42 Å². The molecular weight excluding hydrogens is 276 g/mol. The van der Waals surface area contributed by atoms with E-state index in [1.807, 2.05) is 0 Å². The Balaban J connectivity index is 2.08. The van der Waals surface area contributed by atoms with Gasteiger partial charge >= 0.3 is 0 Å². The van der Waals surface area contributed by atoms with Gasteiger partial charge in [-0.1, -0.05) is 12.8 Å². The molecule has 1 N–H and O–H groups in total. The van der Waals surface area contributed by atoms with E-state index in [2.05, 4.69) is 18.2 Å². The molecule has 0 aromatic rings. The summed E-state index contributed by atoms with van der Waals surface area (Å²) < 4.78 is 23.2. The van der Waals surface area contributed by atoms with Crippen molar-refractivity contribution in [3.05, 3.63) is 0 Å². The van der Waals surface area contributed by atoms with Crippen LogP contribution >= 0.6 is 0 Å². The highest BCUT2D eigenvalue weighted by Crippen LogP contribution is 2.22. The summed E-state index contributed by atoms with van der Waals surface area (Å²) >= 11 is 0. The quantitative estimate of drug-likeness (QED) is 0.746. The topological polar surface area (TPSA) is 66.5 Å². The highest BCUT2D eigenvalue weighted by atomic mass is 32.2. The minimum absolute atomic E-state index is 0.0443. The molecule has 2 fully saturated rings. The average molecular weight is 298 g/mol. The van der Waals surface area contributed by atoms with Crippen molar-refractivity contribution < 1.29 is 13.2 Å². The Bertz CT molecular complexity index is 509. The standard InChI is InChI=1S/C14H22N2O3S/c1-3-7-16(12-5-8-20(18,19)10-12)14(17)13-9-11(2)4-6-15-13/h1,11-13,15H,4-10H2,2H3. The molecule has 0 saturated carbocycles. The fourth-order valence-corrected chi connectivity index (χ4v) is 4.73. The van der Waals surface area contributed by atoms with E-state index in [0.29, 0.717) is 12.3 Å². The highest BCUT2D eigenvalue weighted by Gasteiger charge is 2.37. The van der Waals surface area contributed by atoms with E-state index in [0.717, 1.165) is 19.4 Å². The van der Waals surface area contributed by atoms with Crippen LogP contribution in [-0.2, 0) is 14.6 Å². The summed E-state index contributed by atoms with van der Waals surface area (Å²) in [5.74, 6) is 3.14. The summed E-state index contributed by atoms with van der Waals surface area (Å²) in [6.45, 7) is 3.14.